The molecule has 7 nitrogen and oxygen atoms in total. The SMILES string of the molecule is NC(=O)C1(CNC(=O)c2cccc(B(O)O)c2)CCOCC1. The topological polar surface area (TPSA) is 122 Å². The smallest absolute Gasteiger partial charge is 0.423 e. The van der Waals surface area contributed by atoms with E-state index in [0.29, 0.717) is 26.1 Å². The zero-order valence-corrected chi connectivity index (χ0v) is 12.1. The van der Waals surface area contributed by atoms with Crippen LogP contribution in [-0.2, 0) is 9.53 Å². The van der Waals surface area contributed by atoms with Crippen LogP contribution < -0.4 is 16.5 Å². The molecule has 2 rings (SSSR count). The molecule has 0 aliphatic carbocycles. The van der Waals surface area contributed by atoms with Crippen LogP contribution in [0.25, 0.3) is 0 Å². The first kappa shape index (κ1) is 16.5. The number of nitrogens with two attached hydrogens (primary N) is 1. The lowest BCUT2D eigenvalue weighted by molar-refractivity contribution is -0.132. The minimum absolute atomic E-state index is 0.135. The Hall–Kier alpha value is -1.90. The van der Waals surface area contributed by atoms with E-state index in [4.69, 9.17) is 20.5 Å². The fraction of sp³-hybridized carbons (Fsp3) is 0.429. The van der Waals surface area contributed by atoms with E-state index in [0.717, 1.165) is 0 Å². The molecule has 0 spiro atoms. The van der Waals surface area contributed by atoms with Crippen molar-refractivity contribution in [1.82, 2.24) is 5.32 Å². The fourth-order valence-electron chi connectivity index (χ4n) is 2.46. The van der Waals surface area contributed by atoms with E-state index in [-0.39, 0.29) is 17.6 Å². The summed E-state index contributed by atoms with van der Waals surface area (Å²) in [6.45, 7) is 1.01. The van der Waals surface area contributed by atoms with Crippen molar-refractivity contribution in [2.75, 3.05) is 19.8 Å². The number of hydrogen-bond donors (Lipinski definition) is 4. The Kier molecular flexibility index (Phi) is 5.17. The van der Waals surface area contributed by atoms with Gasteiger partial charge in [-0.15, -0.1) is 0 Å². The van der Waals surface area contributed by atoms with Gasteiger partial charge in [-0.25, -0.2) is 0 Å². The van der Waals surface area contributed by atoms with Crippen molar-refractivity contribution in [3.8, 4) is 0 Å². The van der Waals surface area contributed by atoms with Crippen molar-refractivity contribution in [3.63, 3.8) is 0 Å². The van der Waals surface area contributed by atoms with Crippen molar-refractivity contribution in [2.45, 2.75) is 12.8 Å². The number of rotatable bonds is 5. The second-order valence-electron chi connectivity index (χ2n) is 5.44. The molecule has 8 heteroatoms. The second kappa shape index (κ2) is 6.91. The number of primary amides is 1. The van der Waals surface area contributed by atoms with E-state index < -0.39 is 24.3 Å². The molecule has 1 heterocycles. The van der Waals surface area contributed by atoms with Crippen molar-refractivity contribution in [3.05, 3.63) is 29.8 Å². The first-order chi connectivity index (χ1) is 10.4. The monoisotopic (exact) mass is 306 g/mol. The van der Waals surface area contributed by atoms with Gasteiger partial charge in [0.15, 0.2) is 0 Å². The number of carbonyl (C=O) groups is 2. The number of benzene rings is 1. The van der Waals surface area contributed by atoms with Gasteiger partial charge in [0.2, 0.25) is 5.91 Å². The van der Waals surface area contributed by atoms with Crippen molar-refractivity contribution >= 4 is 24.4 Å². The quantitative estimate of drug-likeness (QED) is 0.487. The highest BCUT2D eigenvalue weighted by molar-refractivity contribution is 6.58. The first-order valence-corrected chi connectivity index (χ1v) is 7.06. The van der Waals surface area contributed by atoms with Crippen molar-refractivity contribution in [2.24, 2.45) is 11.1 Å². The maximum absolute atomic E-state index is 12.2. The molecule has 5 N–H and O–H groups in total. The maximum atomic E-state index is 12.2. The maximum Gasteiger partial charge on any atom is 0.488 e. The van der Waals surface area contributed by atoms with Gasteiger partial charge in [0.1, 0.15) is 0 Å². The van der Waals surface area contributed by atoms with Gasteiger partial charge in [0.05, 0.1) is 5.41 Å². The predicted molar refractivity (Wildman–Crippen MR) is 80.3 cm³/mol. The molecule has 2 amide bonds. The zero-order chi connectivity index (χ0) is 16.2. The van der Waals surface area contributed by atoms with Gasteiger partial charge in [-0.3, -0.25) is 9.59 Å². The Morgan fingerprint density at radius 1 is 1.32 bits per heavy atom. The van der Waals surface area contributed by atoms with Crippen LogP contribution in [0.15, 0.2) is 24.3 Å². The van der Waals surface area contributed by atoms with Crippen LogP contribution in [0.1, 0.15) is 23.2 Å². The fourth-order valence-corrected chi connectivity index (χ4v) is 2.46. The highest BCUT2D eigenvalue weighted by Gasteiger charge is 2.38. The molecule has 1 aromatic carbocycles. The minimum atomic E-state index is -1.64. The molecule has 118 valence electrons. The number of nitrogens with one attached hydrogen (secondary N) is 1. The molecule has 1 aromatic rings. The van der Waals surface area contributed by atoms with Gasteiger partial charge in [-0.1, -0.05) is 12.1 Å². The summed E-state index contributed by atoms with van der Waals surface area (Å²) in [4.78, 5) is 23.9. The molecule has 1 aliphatic heterocycles. The summed E-state index contributed by atoms with van der Waals surface area (Å²) >= 11 is 0. The largest absolute Gasteiger partial charge is 0.488 e. The Labute approximate surface area is 128 Å². The van der Waals surface area contributed by atoms with Crippen LogP contribution in [0.3, 0.4) is 0 Å². The Balaban J connectivity index is 2.05. The van der Waals surface area contributed by atoms with Gasteiger partial charge in [0, 0.05) is 25.3 Å². The number of amides is 2. The Bertz CT molecular complexity index is 558. The summed E-state index contributed by atoms with van der Waals surface area (Å²) in [5.41, 5.74) is 5.20. The van der Waals surface area contributed by atoms with Gasteiger partial charge < -0.3 is 25.8 Å². The van der Waals surface area contributed by atoms with E-state index in [1.165, 1.54) is 12.1 Å². The molecule has 0 atom stereocenters. The summed E-state index contributed by atoms with van der Waals surface area (Å²) < 4.78 is 5.23. The molecular formula is C14H19BN2O5. The molecule has 0 saturated carbocycles. The summed E-state index contributed by atoms with van der Waals surface area (Å²) in [7, 11) is -1.64. The van der Waals surface area contributed by atoms with Gasteiger partial charge >= 0.3 is 7.12 Å². The number of hydrogen-bond acceptors (Lipinski definition) is 5. The molecule has 0 unspecified atom stereocenters. The molecule has 1 aliphatic rings. The standard InChI is InChI=1S/C14H19BN2O5/c16-13(19)14(4-6-22-7-5-14)9-17-12(18)10-2-1-3-11(8-10)15(20)21/h1-3,8,20-21H,4-7,9H2,(H2,16,19)(H,17,18). The molecule has 22 heavy (non-hydrogen) atoms. The normalized spacial score (nSPS) is 16.8. The predicted octanol–water partition coefficient (Wildman–Crippen LogP) is -1.62. The van der Waals surface area contributed by atoms with E-state index in [1.54, 1.807) is 12.1 Å². The van der Waals surface area contributed by atoms with Crippen LogP contribution in [0.4, 0.5) is 0 Å². The van der Waals surface area contributed by atoms with Gasteiger partial charge in [0.25, 0.3) is 5.91 Å². The lowest BCUT2D eigenvalue weighted by atomic mass is 9.79. The summed E-state index contributed by atoms with van der Waals surface area (Å²) in [6.07, 6.45) is 0.940. The Morgan fingerprint density at radius 2 is 2.00 bits per heavy atom. The van der Waals surface area contributed by atoms with Crippen LogP contribution in [-0.4, -0.2) is 48.7 Å². The summed E-state index contributed by atoms with van der Waals surface area (Å²) in [6, 6.07) is 6.01. The average molecular weight is 306 g/mol. The van der Waals surface area contributed by atoms with Crippen LogP contribution in [0.5, 0.6) is 0 Å². The third kappa shape index (κ3) is 3.65. The lowest BCUT2D eigenvalue weighted by Crippen LogP contribution is -2.49. The average Bonchev–Trinajstić information content (AvgIpc) is 2.53. The van der Waals surface area contributed by atoms with E-state index >= 15 is 0 Å². The zero-order valence-electron chi connectivity index (χ0n) is 12.1. The van der Waals surface area contributed by atoms with E-state index in [9.17, 15) is 9.59 Å². The van der Waals surface area contributed by atoms with Gasteiger partial charge in [-0.05, 0) is 30.4 Å². The summed E-state index contributed by atoms with van der Waals surface area (Å²) in [5.74, 6) is -0.842. The molecule has 1 saturated heterocycles. The first-order valence-electron chi connectivity index (χ1n) is 7.06. The van der Waals surface area contributed by atoms with Crippen LogP contribution in [0, 0.1) is 5.41 Å². The van der Waals surface area contributed by atoms with Crippen LogP contribution in [0.2, 0.25) is 0 Å². The third-order valence-electron chi connectivity index (χ3n) is 4.01. The summed E-state index contributed by atoms with van der Waals surface area (Å²) in [5, 5.41) is 21.0. The third-order valence-corrected chi connectivity index (χ3v) is 4.01. The van der Waals surface area contributed by atoms with E-state index in [1.807, 2.05) is 0 Å². The van der Waals surface area contributed by atoms with Crippen LogP contribution >= 0.6 is 0 Å². The molecule has 1 fully saturated rings. The second-order valence-corrected chi connectivity index (χ2v) is 5.44. The molecule has 0 radical (unpaired) electrons. The van der Waals surface area contributed by atoms with Crippen molar-refractivity contribution in [1.29, 1.82) is 0 Å². The molecule has 0 bridgehead atoms. The number of ether oxygens (including phenoxy) is 1. The van der Waals surface area contributed by atoms with E-state index in [2.05, 4.69) is 5.32 Å². The molecular weight excluding hydrogens is 287 g/mol. The van der Waals surface area contributed by atoms with Crippen molar-refractivity contribution < 1.29 is 24.4 Å². The number of carbonyl (C=O) groups excluding carboxylic acids is 2. The minimum Gasteiger partial charge on any atom is -0.423 e. The highest BCUT2D eigenvalue weighted by atomic mass is 16.5. The molecule has 0 aromatic heterocycles. The van der Waals surface area contributed by atoms with Gasteiger partial charge in [-0.2, -0.15) is 0 Å². The Morgan fingerprint density at radius 3 is 2.59 bits per heavy atom. The lowest BCUT2D eigenvalue weighted by Gasteiger charge is -2.34. The highest BCUT2D eigenvalue weighted by Crippen LogP contribution is 2.29.